The van der Waals surface area contributed by atoms with Crippen molar-refractivity contribution in [2.75, 3.05) is 12.9 Å². The van der Waals surface area contributed by atoms with Gasteiger partial charge in [0.2, 0.25) is 0 Å². The van der Waals surface area contributed by atoms with Crippen molar-refractivity contribution in [1.82, 2.24) is 0 Å². The molecule has 14 heavy (non-hydrogen) atoms. The molecule has 0 spiro atoms. The van der Waals surface area contributed by atoms with Crippen LogP contribution in [0.4, 0.5) is 4.39 Å². The number of aliphatic hydroxyl groups is 1. The zero-order chi connectivity index (χ0) is 10.6. The molecule has 0 amide bonds. The Morgan fingerprint density at radius 3 is 2.71 bits per heavy atom. The third-order valence-electron chi connectivity index (χ3n) is 1.83. The average molecular weight is 216 g/mol. The average Bonchev–Trinajstić information content (AvgIpc) is 2.20. The topological polar surface area (TPSA) is 29.5 Å². The van der Waals surface area contributed by atoms with Gasteiger partial charge in [0.25, 0.3) is 0 Å². The summed E-state index contributed by atoms with van der Waals surface area (Å²) in [6, 6.07) is 2.90. The van der Waals surface area contributed by atoms with Crippen LogP contribution in [-0.2, 0) is 6.61 Å². The maximum Gasteiger partial charge on any atom is 0.137 e. The fourth-order valence-corrected chi connectivity index (χ4v) is 1.92. The summed E-state index contributed by atoms with van der Waals surface area (Å²) in [5.41, 5.74) is 0.527. The highest BCUT2D eigenvalue weighted by Crippen LogP contribution is 2.31. The van der Waals surface area contributed by atoms with Gasteiger partial charge in [-0.15, -0.1) is 11.8 Å². The molecule has 4 heteroatoms. The van der Waals surface area contributed by atoms with Gasteiger partial charge in [-0.1, -0.05) is 0 Å². The maximum atomic E-state index is 13.3. The van der Waals surface area contributed by atoms with Crippen molar-refractivity contribution in [3.63, 3.8) is 0 Å². The van der Waals surface area contributed by atoms with Gasteiger partial charge in [-0.2, -0.15) is 0 Å². The molecule has 0 atom stereocenters. The van der Waals surface area contributed by atoms with Gasteiger partial charge in [-0.25, -0.2) is 4.39 Å². The van der Waals surface area contributed by atoms with Crippen molar-refractivity contribution in [3.8, 4) is 5.75 Å². The van der Waals surface area contributed by atoms with E-state index in [4.69, 9.17) is 9.84 Å². The largest absolute Gasteiger partial charge is 0.493 e. The second kappa shape index (κ2) is 5.22. The van der Waals surface area contributed by atoms with E-state index >= 15 is 0 Å². The molecule has 1 rings (SSSR count). The molecule has 0 aliphatic rings. The van der Waals surface area contributed by atoms with Gasteiger partial charge in [0.1, 0.15) is 11.6 Å². The molecule has 0 fully saturated rings. The van der Waals surface area contributed by atoms with Crippen molar-refractivity contribution in [2.45, 2.75) is 18.4 Å². The van der Waals surface area contributed by atoms with E-state index in [1.807, 2.05) is 6.92 Å². The van der Waals surface area contributed by atoms with Crippen molar-refractivity contribution in [1.29, 1.82) is 0 Å². The molecule has 0 aromatic heterocycles. The van der Waals surface area contributed by atoms with Crippen molar-refractivity contribution < 1.29 is 14.2 Å². The molecule has 0 heterocycles. The zero-order valence-corrected chi connectivity index (χ0v) is 9.03. The normalized spacial score (nSPS) is 10.3. The van der Waals surface area contributed by atoms with E-state index in [9.17, 15) is 4.39 Å². The lowest BCUT2D eigenvalue weighted by Gasteiger charge is -2.12. The number of ether oxygens (including phenoxy) is 1. The van der Waals surface area contributed by atoms with E-state index in [0.717, 1.165) is 0 Å². The molecule has 0 aliphatic heterocycles. The van der Waals surface area contributed by atoms with Crippen LogP contribution in [0.15, 0.2) is 17.0 Å². The van der Waals surface area contributed by atoms with E-state index in [-0.39, 0.29) is 12.4 Å². The van der Waals surface area contributed by atoms with Crippen molar-refractivity contribution in [3.05, 3.63) is 23.5 Å². The van der Waals surface area contributed by atoms with E-state index < -0.39 is 0 Å². The summed E-state index contributed by atoms with van der Waals surface area (Å²) in [6.45, 7) is 2.15. The van der Waals surface area contributed by atoms with E-state index in [1.54, 1.807) is 12.3 Å². The minimum Gasteiger partial charge on any atom is -0.493 e. The number of benzene rings is 1. The maximum absolute atomic E-state index is 13.3. The molecule has 0 saturated heterocycles. The zero-order valence-electron chi connectivity index (χ0n) is 8.21. The molecule has 1 aromatic carbocycles. The van der Waals surface area contributed by atoms with Crippen LogP contribution in [0.2, 0.25) is 0 Å². The number of rotatable bonds is 4. The second-order valence-electron chi connectivity index (χ2n) is 2.65. The lowest BCUT2D eigenvalue weighted by Crippen LogP contribution is -2.00. The Labute approximate surface area is 87.1 Å². The molecule has 0 saturated carbocycles. The summed E-state index contributed by atoms with van der Waals surface area (Å²) >= 11 is 1.27. The lowest BCUT2D eigenvalue weighted by molar-refractivity contribution is 0.262. The minimum absolute atomic E-state index is 0.205. The number of hydrogen-bond donors (Lipinski definition) is 1. The van der Waals surface area contributed by atoms with Gasteiger partial charge < -0.3 is 9.84 Å². The first kappa shape index (κ1) is 11.3. The summed E-state index contributed by atoms with van der Waals surface area (Å²) < 4.78 is 18.6. The van der Waals surface area contributed by atoms with Crippen LogP contribution in [0.5, 0.6) is 5.75 Å². The molecular formula is C10H13FO2S. The molecular weight excluding hydrogens is 203 g/mol. The summed E-state index contributed by atoms with van der Waals surface area (Å²) in [5.74, 6) is 0.241. The van der Waals surface area contributed by atoms with Crippen LogP contribution in [0, 0.1) is 5.82 Å². The van der Waals surface area contributed by atoms with Crippen LogP contribution in [0.25, 0.3) is 0 Å². The SMILES string of the molecule is CCOc1ccc(F)c(SC)c1CO. The quantitative estimate of drug-likeness (QED) is 0.784. The Morgan fingerprint density at radius 1 is 1.50 bits per heavy atom. The number of halogens is 1. The number of hydrogen-bond acceptors (Lipinski definition) is 3. The Morgan fingerprint density at radius 2 is 2.21 bits per heavy atom. The first-order chi connectivity index (χ1) is 6.74. The summed E-state index contributed by atoms with van der Waals surface area (Å²) in [5, 5.41) is 9.12. The Balaban J connectivity index is 3.18. The van der Waals surface area contributed by atoms with Gasteiger partial charge in [-0.05, 0) is 25.3 Å². The minimum atomic E-state index is -0.315. The van der Waals surface area contributed by atoms with Crippen LogP contribution in [-0.4, -0.2) is 18.0 Å². The highest BCUT2D eigenvalue weighted by atomic mass is 32.2. The van der Waals surface area contributed by atoms with E-state index in [0.29, 0.717) is 22.8 Å². The van der Waals surface area contributed by atoms with Gasteiger partial charge in [0.15, 0.2) is 0 Å². The van der Waals surface area contributed by atoms with E-state index in [2.05, 4.69) is 0 Å². The summed E-state index contributed by atoms with van der Waals surface area (Å²) in [4.78, 5) is 0.457. The van der Waals surface area contributed by atoms with Gasteiger partial charge in [-0.3, -0.25) is 0 Å². The Kier molecular flexibility index (Phi) is 4.22. The highest BCUT2D eigenvalue weighted by molar-refractivity contribution is 7.98. The van der Waals surface area contributed by atoms with Gasteiger partial charge >= 0.3 is 0 Å². The fourth-order valence-electron chi connectivity index (χ4n) is 1.24. The van der Waals surface area contributed by atoms with Crippen molar-refractivity contribution >= 4 is 11.8 Å². The molecule has 78 valence electrons. The van der Waals surface area contributed by atoms with E-state index in [1.165, 1.54) is 17.8 Å². The molecule has 0 bridgehead atoms. The van der Waals surface area contributed by atoms with Crippen LogP contribution in [0.3, 0.4) is 0 Å². The Hall–Kier alpha value is -0.740. The number of aliphatic hydroxyl groups excluding tert-OH is 1. The molecule has 2 nitrogen and oxygen atoms in total. The molecule has 0 unspecified atom stereocenters. The lowest BCUT2D eigenvalue weighted by atomic mass is 10.2. The predicted molar refractivity (Wildman–Crippen MR) is 55.3 cm³/mol. The van der Waals surface area contributed by atoms with Crippen LogP contribution >= 0.6 is 11.8 Å². The van der Waals surface area contributed by atoms with Crippen LogP contribution < -0.4 is 4.74 Å². The molecule has 0 radical (unpaired) electrons. The molecule has 0 aliphatic carbocycles. The first-order valence-electron chi connectivity index (χ1n) is 4.33. The first-order valence-corrected chi connectivity index (χ1v) is 5.56. The second-order valence-corrected chi connectivity index (χ2v) is 3.46. The smallest absolute Gasteiger partial charge is 0.137 e. The van der Waals surface area contributed by atoms with Crippen LogP contribution in [0.1, 0.15) is 12.5 Å². The van der Waals surface area contributed by atoms with Gasteiger partial charge in [0.05, 0.1) is 18.1 Å². The highest BCUT2D eigenvalue weighted by Gasteiger charge is 2.12. The van der Waals surface area contributed by atoms with Gasteiger partial charge in [0, 0.05) is 5.56 Å². The monoisotopic (exact) mass is 216 g/mol. The standard InChI is InChI=1S/C10H13FO2S/c1-3-13-9-5-4-8(11)10(14-2)7(9)6-12/h4-5,12H,3,6H2,1-2H3. The summed E-state index contributed by atoms with van der Waals surface area (Å²) in [7, 11) is 0. The fraction of sp³-hybridized carbons (Fsp3) is 0.400. The predicted octanol–water partition coefficient (Wildman–Crippen LogP) is 2.44. The third-order valence-corrected chi connectivity index (χ3v) is 2.68. The Bertz CT molecular complexity index is 315. The molecule has 1 aromatic rings. The number of thioether (sulfide) groups is 1. The molecule has 1 N–H and O–H groups in total. The van der Waals surface area contributed by atoms with Crippen molar-refractivity contribution in [2.24, 2.45) is 0 Å². The summed E-state index contributed by atoms with van der Waals surface area (Å²) in [6.07, 6.45) is 1.77. The third kappa shape index (κ3) is 2.19.